The van der Waals surface area contributed by atoms with Gasteiger partial charge in [-0.25, -0.2) is 4.79 Å². The molecule has 166 valence electrons. The third-order valence-electron chi connectivity index (χ3n) is 4.62. The van der Waals surface area contributed by atoms with Crippen LogP contribution in [0.25, 0.3) is 0 Å². The Bertz CT molecular complexity index is 891. The van der Waals surface area contributed by atoms with Gasteiger partial charge in [-0.1, -0.05) is 28.1 Å². The molecule has 31 heavy (non-hydrogen) atoms. The number of hydrogen-bond donors (Lipinski definition) is 1. The van der Waals surface area contributed by atoms with E-state index in [1.807, 2.05) is 0 Å². The average molecular weight is 491 g/mol. The molecule has 0 aliphatic heterocycles. The normalized spacial score (nSPS) is 10.5. The number of rotatable bonds is 13. The molecule has 0 unspecified atom stereocenters. The summed E-state index contributed by atoms with van der Waals surface area (Å²) in [4.78, 5) is 35.7. The first-order valence-electron chi connectivity index (χ1n) is 10.3. The number of carbonyl (C=O) groups is 3. The number of unbranched alkanes of at least 4 members (excludes halogenated alkanes) is 2. The van der Waals surface area contributed by atoms with Crippen LogP contribution in [0.15, 0.2) is 42.5 Å². The molecule has 0 heterocycles. The van der Waals surface area contributed by atoms with Gasteiger partial charge in [0.25, 0.3) is 0 Å². The standard InChI is InChI=1S/C24H27BrO6/c1-2-30-24(29)18-8-6-17(7-9-18)23(28)20-10-12-21(31-15-5-3-4-14-25)19(16-20)11-13-22(26)27/h6-10,12,16H,2-5,11,13-15H2,1H3,(H,26,27). The zero-order valence-electron chi connectivity index (χ0n) is 17.6. The summed E-state index contributed by atoms with van der Waals surface area (Å²) in [6.07, 6.45) is 3.23. The highest BCUT2D eigenvalue weighted by atomic mass is 79.9. The van der Waals surface area contributed by atoms with E-state index in [0.717, 1.165) is 24.6 Å². The zero-order valence-corrected chi connectivity index (χ0v) is 19.2. The van der Waals surface area contributed by atoms with E-state index in [2.05, 4.69) is 15.9 Å². The minimum absolute atomic E-state index is 0.0498. The van der Waals surface area contributed by atoms with Crippen molar-refractivity contribution in [3.8, 4) is 5.75 Å². The van der Waals surface area contributed by atoms with Gasteiger partial charge in [-0.15, -0.1) is 0 Å². The van der Waals surface area contributed by atoms with Gasteiger partial charge >= 0.3 is 11.9 Å². The van der Waals surface area contributed by atoms with Crippen LogP contribution in [-0.2, 0) is 16.0 Å². The molecule has 0 aliphatic carbocycles. The summed E-state index contributed by atoms with van der Waals surface area (Å²) in [5.74, 6) is -0.949. The van der Waals surface area contributed by atoms with Crippen LogP contribution >= 0.6 is 15.9 Å². The molecule has 0 saturated carbocycles. The van der Waals surface area contributed by atoms with Crippen molar-refractivity contribution in [1.82, 2.24) is 0 Å². The fraction of sp³-hybridized carbons (Fsp3) is 0.375. The van der Waals surface area contributed by atoms with Crippen LogP contribution in [0.2, 0.25) is 0 Å². The molecule has 0 bridgehead atoms. The molecule has 2 aromatic carbocycles. The largest absolute Gasteiger partial charge is 0.493 e. The number of carboxylic acids is 1. The SMILES string of the molecule is CCOC(=O)c1ccc(C(=O)c2ccc(OCCCCCBr)c(CCC(=O)O)c2)cc1. The van der Waals surface area contributed by atoms with Gasteiger partial charge in [0.05, 0.1) is 18.8 Å². The van der Waals surface area contributed by atoms with Gasteiger partial charge in [0.2, 0.25) is 0 Å². The van der Waals surface area contributed by atoms with Gasteiger partial charge in [-0.2, -0.15) is 0 Å². The number of carbonyl (C=O) groups excluding carboxylic acids is 2. The lowest BCUT2D eigenvalue weighted by Gasteiger charge is -2.13. The Morgan fingerprint density at radius 1 is 0.935 bits per heavy atom. The van der Waals surface area contributed by atoms with E-state index >= 15 is 0 Å². The average Bonchev–Trinajstić information content (AvgIpc) is 2.77. The number of hydrogen-bond acceptors (Lipinski definition) is 5. The van der Waals surface area contributed by atoms with Crippen molar-refractivity contribution < 1.29 is 29.0 Å². The van der Waals surface area contributed by atoms with E-state index in [-0.39, 0.29) is 25.2 Å². The second kappa shape index (κ2) is 12.9. The fourth-order valence-electron chi connectivity index (χ4n) is 2.99. The number of halogens is 1. The number of carboxylic acid groups (broad SMARTS) is 1. The summed E-state index contributed by atoms with van der Waals surface area (Å²) in [7, 11) is 0. The number of aliphatic carboxylic acids is 1. The second-order valence-corrected chi connectivity index (χ2v) is 7.73. The van der Waals surface area contributed by atoms with Crippen molar-refractivity contribution in [2.75, 3.05) is 18.5 Å². The van der Waals surface area contributed by atoms with E-state index in [9.17, 15) is 14.4 Å². The van der Waals surface area contributed by atoms with Gasteiger partial charge in [-0.05, 0) is 68.5 Å². The Kier molecular flexibility index (Phi) is 10.2. The summed E-state index contributed by atoms with van der Waals surface area (Å²) < 4.78 is 10.8. The number of alkyl halides is 1. The molecule has 2 rings (SSSR count). The van der Waals surface area contributed by atoms with E-state index in [1.54, 1.807) is 49.4 Å². The van der Waals surface area contributed by atoms with Gasteiger partial charge in [0.1, 0.15) is 5.75 Å². The lowest BCUT2D eigenvalue weighted by atomic mass is 9.98. The summed E-state index contributed by atoms with van der Waals surface area (Å²) in [6, 6.07) is 11.4. The molecule has 0 spiro atoms. The highest BCUT2D eigenvalue weighted by Gasteiger charge is 2.15. The van der Waals surface area contributed by atoms with Crippen LogP contribution in [0, 0.1) is 0 Å². The molecule has 7 heteroatoms. The minimum atomic E-state index is -0.908. The van der Waals surface area contributed by atoms with Gasteiger partial charge in [0.15, 0.2) is 5.78 Å². The van der Waals surface area contributed by atoms with Crippen molar-refractivity contribution in [1.29, 1.82) is 0 Å². The number of ketones is 1. The Balaban J connectivity index is 2.16. The molecule has 2 aromatic rings. The van der Waals surface area contributed by atoms with Crippen LogP contribution in [-0.4, -0.2) is 41.4 Å². The summed E-state index contributed by atoms with van der Waals surface area (Å²) in [5, 5.41) is 10.0. The highest BCUT2D eigenvalue weighted by molar-refractivity contribution is 9.09. The molecular weight excluding hydrogens is 464 g/mol. The number of ether oxygens (including phenoxy) is 2. The number of aryl methyl sites for hydroxylation is 1. The molecule has 0 saturated heterocycles. The molecule has 0 aliphatic rings. The predicted molar refractivity (Wildman–Crippen MR) is 121 cm³/mol. The summed E-state index contributed by atoms with van der Waals surface area (Å²) >= 11 is 3.40. The first-order chi connectivity index (χ1) is 15.0. The quantitative estimate of drug-likeness (QED) is 0.183. The van der Waals surface area contributed by atoms with Crippen molar-refractivity contribution in [3.05, 3.63) is 64.7 Å². The Morgan fingerprint density at radius 2 is 1.61 bits per heavy atom. The maximum Gasteiger partial charge on any atom is 0.338 e. The van der Waals surface area contributed by atoms with Crippen molar-refractivity contribution in [2.45, 2.75) is 39.0 Å². The van der Waals surface area contributed by atoms with E-state index in [4.69, 9.17) is 14.6 Å². The third-order valence-corrected chi connectivity index (χ3v) is 5.19. The van der Waals surface area contributed by atoms with Crippen LogP contribution in [0.4, 0.5) is 0 Å². The molecule has 1 N–H and O–H groups in total. The molecule has 6 nitrogen and oxygen atoms in total. The monoisotopic (exact) mass is 490 g/mol. The van der Waals surface area contributed by atoms with Gasteiger partial charge in [0, 0.05) is 22.9 Å². The van der Waals surface area contributed by atoms with Crippen LogP contribution in [0.1, 0.15) is 64.4 Å². The maximum atomic E-state index is 12.9. The first-order valence-corrected chi connectivity index (χ1v) is 11.4. The number of esters is 1. The van der Waals surface area contributed by atoms with E-state index < -0.39 is 11.9 Å². The predicted octanol–water partition coefficient (Wildman–Crippen LogP) is 5.06. The van der Waals surface area contributed by atoms with E-state index in [1.165, 1.54) is 0 Å². The fourth-order valence-corrected chi connectivity index (χ4v) is 3.39. The van der Waals surface area contributed by atoms with Crippen LogP contribution < -0.4 is 4.74 Å². The third kappa shape index (κ3) is 7.83. The van der Waals surface area contributed by atoms with Crippen LogP contribution in [0.5, 0.6) is 5.75 Å². The van der Waals surface area contributed by atoms with Crippen molar-refractivity contribution in [2.24, 2.45) is 0 Å². The van der Waals surface area contributed by atoms with Crippen molar-refractivity contribution in [3.63, 3.8) is 0 Å². The maximum absolute atomic E-state index is 12.9. The lowest BCUT2D eigenvalue weighted by molar-refractivity contribution is -0.136. The second-order valence-electron chi connectivity index (χ2n) is 6.94. The Hall–Kier alpha value is -2.67. The van der Waals surface area contributed by atoms with Gasteiger partial charge < -0.3 is 14.6 Å². The Labute approximate surface area is 190 Å². The van der Waals surface area contributed by atoms with Gasteiger partial charge in [-0.3, -0.25) is 9.59 Å². The topological polar surface area (TPSA) is 89.9 Å². The smallest absolute Gasteiger partial charge is 0.338 e. The van der Waals surface area contributed by atoms with E-state index in [0.29, 0.717) is 34.6 Å². The summed E-state index contributed by atoms with van der Waals surface area (Å²) in [5.41, 5.74) is 1.94. The zero-order chi connectivity index (χ0) is 22.6. The molecule has 0 amide bonds. The molecule has 0 atom stereocenters. The highest BCUT2D eigenvalue weighted by Crippen LogP contribution is 2.24. The van der Waals surface area contributed by atoms with Crippen LogP contribution in [0.3, 0.4) is 0 Å². The van der Waals surface area contributed by atoms with Crippen molar-refractivity contribution >= 4 is 33.7 Å². The molecule has 0 radical (unpaired) electrons. The number of benzene rings is 2. The lowest BCUT2D eigenvalue weighted by Crippen LogP contribution is -2.08. The molecule has 0 aromatic heterocycles. The molecular formula is C24H27BrO6. The summed E-state index contributed by atoms with van der Waals surface area (Å²) in [6.45, 7) is 2.55. The Morgan fingerprint density at radius 3 is 2.26 bits per heavy atom. The first kappa shape index (κ1) is 24.6. The molecule has 0 fully saturated rings. The minimum Gasteiger partial charge on any atom is -0.493 e.